The van der Waals surface area contributed by atoms with Crippen molar-refractivity contribution < 1.29 is 9.52 Å². The first-order chi connectivity index (χ1) is 7.16. The number of hydrogen-bond acceptors (Lipinski definition) is 2. The van der Waals surface area contributed by atoms with Gasteiger partial charge in [-0.3, -0.25) is 0 Å². The van der Waals surface area contributed by atoms with Crippen LogP contribution in [0.25, 0.3) is 11.0 Å². The third kappa shape index (κ3) is 2.10. The Balaban J connectivity index is 2.40. The molecule has 15 heavy (non-hydrogen) atoms. The highest BCUT2D eigenvalue weighted by Crippen LogP contribution is 2.24. The second kappa shape index (κ2) is 3.91. The molecule has 2 heteroatoms. The van der Waals surface area contributed by atoms with Crippen molar-refractivity contribution >= 4 is 11.0 Å². The molecule has 1 heterocycles. The van der Waals surface area contributed by atoms with Crippen LogP contribution in [0.5, 0.6) is 0 Å². The predicted octanol–water partition coefficient (Wildman–Crippen LogP) is 3.43. The quantitative estimate of drug-likeness (QED) is 0.757. The summed E-state index contributed by atoms with van der Waals surface area (Å²) >= 11 is 0. The Morgan fingerprint density at radius 3 is 2.73 bits per heavy atom. The molecule has 1 N–H and O–H groups in total. The van der Waals surface area contributed by atoms with E-state index in [1.54, 1.807) is 6.08 Å². The summed E-state index contributed by atoms with van der Waals surface area (Å²) in [5.74, 6) is 0.595. The fraction of sp³-hybridized carbons (Fsp3) is 0.231. The van der Waals surface area contributed by atoms with Crippen molar-refractivity contribution in [1.82, 2.24) is 0 Å². The van der Waals surface area contributed by atoms with E-state index in [1.807, 2.05) is 44.2 Å². The molecular formula is C13H14O2. The smallest absolute Gasteiger partial charge is 0.137 e. The summed E-state index contributed by atoms with van der Waals surface area (Å²) in [6.07, 6.45) is 1.12. The molecule has 1 unspecified atom stereocenters. The normalized spacial score (nSPS) is 12.7. The van der Waals surface area contributed by atoms with Crippen molar-refractivity contribution in [2.75, 3.05) is 0 Å². The first-order valence-electron chi connectivity index (χ1n) is 4.98. The maximum Gasteiger partial charge on any atom is 0.137 e. The molecule has 0 amide bonds. The SMILES string of the molecule is CC(C)=CC(O)c1cc2ccccc2o1. The lowest BCUT2D eigenvalue weighted by atomic mass is 10.2. The van der Waals surface area contributed by atoms with Gasteiger partial charge in [0.25, 0.3) is 0 Å². The van der Waals surface area contributed by atoms with Gasteiger partial charge in [0.15, 0.2) is 0 Å². The summed E-state index contributed by atoms with van der Waals surface area (Å²) in [7, 11) is 0. The van der Waals surface area contributed by atoms with Gasteiger partial charge in [-0.25, -0.2) is 0 Å². The van der Waals surface area contributed by atoms with Crippen LogP contribution in [0.1, 0.15) is 25.7 Å². The van der Waals surface area contributed by atoms with Crippen molar-refractivity contribution in [3.8, 4) is 0 Å². The Kier molecular flexibility index (Phi) is 2.60. The average molecular weight is 202 g/mol. The number of aliphatic hydroxyl groups is 1. The van der Waals surface area contributed by atoms with Crippen LogP contribution in [0.4, 0.5) is 0 Å². The largest absolute Gasteiger partial charge is 0.458 e. The first kappa shape index (κ1) is 9.99. The second-order valence-corrected chi connectivity index (χ2v) is 3.88. The highest BCUT2D eigenvalue weighted by atomic mass is 16.4. The molecule has 78 valence electrons. The van der Waals surface area contributed by atoms with E-state index in [-0.39, 0.29) is 0 Å². The Bertz CT molecular complexity index is 457. The van der Waals surface area contributed by atoms with Crippen molar-refractivity contribution in [3.63, 3.8) is 0 Å². The van der Waals surface area contributed by atoms with Crippen LogP contribution in [0.15, 0.2) is 46.4 Å². The van der Waals surface area contributed by atoms with E-state index >= 15 is 0 Å². The summed E-state index contributed by atoms with van der Waals surface area (Å²) in [6.45, 7) is 3.90. The van der Waals surface area contributed by atoms with Crippen LogP contribution >= 0.6 is 0 Å². The second-order valence-electron chi connectivity index (χ2n) is 3.88. The first-order valence-corrected chi connectivity index (χ1v) is 4.98. The molecule has 0 saturated carbocycles. The number of para-hydroxylation sites is 1. The number of furan rings is 1. The number of rotatable bonds is 2. The van der Waals surface area contributed by atoms with E-state index < -0.39 is 6.10 Å². The summed E-state index contributed by atoms with van der Waals surface area (Å²) in [5, 5.41) is 10.8. The van der Waals surface area contributed by atoms with Gasteiger partial charge < -0.3 is 9.52 Å². The molecule has 0 aliphatic heterocycles. The number of allylic oxidation sites excluding steroid dienone is 1. The molecule has 1 atom stereocenters. The number of aliphatic hydroxyl groups excluding tert-OH is 1. The lowest BCUT2D eigenvalue weighted by Crippen LogP contribution is -1.90. The van der Waals surface area contributed by atoms with Gasteiger partial charge in [0.1, 0.15) is 17.4 Å². The van der Waals surface area contributed by atoms with Gasteiger partial charge in [-0.1, -0.05) is 23.8 Å². The minimum Gasteiger partial charge on any atom is -0.458 e. The number of benzene rings is 1. The third-order valence-corrected chi connectivity index (χ3v) is 2.23. The summed E-state index contributed by atoms with van der Waals surface area (Å²) in [5.41, 5.74) is 1.89. The lowest BCUT2D eigenvalue weighted by Gasteiger charge is -2.01. The highest BCUT2D eigenvalue weighted by Gasteiger charge is 2.09. The zero-order chi connectivity index (χ0) is 10.8. The predicted molar refractivity (Wildman–Crippen MR) is 60.6 cm³/mol. The molecule has 1 aromatic heterocycles. The van der Waals surface area contributed by atoms with Crippen LogP contribution < -0.4 is 0 Å². The molecule has 1 aromatic carbocycles. The van der Waals surface area contributed by atoms with Gasteiger partial charge in [0.05, 0.1) is 0 Å². The molecule has 2 aromatic rings. The van der Waals surface area contributed by atoms with E-state index in [1.165, 1.54) is 0 Å². The topological polar surface area (TPSA) is 33.4 Å². The Hall–Kier alpha value is -1.54. The molecule has 0 bridgehead atoms. The van der Waals surface area contributed by atoms with Crippen molar-refractivity contribution in [3.05, 3.63) is 47.7 Å². The van der Waals surface area contributed by atoms with Gasteiger partial charge in [-0.15, -0.1) is 0 Å². The minimum absolute atomic E-state index is 0.595. The molecule has 0 spiro atoms. The summed E-state index contributed by atoms with van der Waals surface area (Å²) in [4.78, 5) is 0. The van der Waals surface area contributed by atoms with E-state index in [9.17, 15) is 5.11 Å². The molecule has 0 aliphatic carbocycles. The zero-order valence-electron chi connectivity index (χ0n) is 8.90. The molecular weight excluding hydrogens is 188 g/mol. The average Bonchev–Trinajstić information content (AvgIpc) is 2.59. The van der Waals surface area contributed by atoms with Crippen LogP contribution in [-0.4, -0.2) is 5.11 Å². The molecule has 0 fully saturated rings. The maximum absolute atomic E-state index is 9.82. The lowest BCUT2D eigenvalue weighted by molar-refractivity contribution is 0.199. The Labute approximate surface area is 88.8 Å². The van der Waals surface area contributed by atoms with Gasteiger partial charge >= 0.3 is 0 Å². The Morgan fingerprint density at radius 1 is 1.33 bits per heavy atom. The van der Waals surface area contributed by atoms with Crippen LogP contribution in [0, 0.1) is 0 Å². The van der Waals surface area contributed by atoms with Crippen molar-refractivity contribution in [1.29, 1.82) is 0 Å². The fourth-order valence-corrected chi connectivity index (χ4v) is 1.55. The van der Waals surface area contributed by atoms with Gasteiger partial charge in [0.2, 0.25) is 0 Å². The molecule has 0 radical (unpaired) electrons. The Morgan fingerprint density at radius 2 is 2.07 bits per heavy atom. The van der Waals surface area contributed by atoms with Crippen LogP contribution in [0.3, 0.4) is 0 Å². The molecule has 2 rings (SSSR count). The molecule has 0 aliphatic rings. The summed E-state index contributed by atoms with van der Waals surface area (Å²) < 4.78 is 5.54. The molecule has 0 saturated heterocycles. The fourth-order valence-electron chi connectivity index (χ4n) is 1.55. The number of hydrogen-bond donors (Lipinski definition) is 1. The van der Waals surface area contributed by atoms with Gasteiger partial charge in [-0.05, 0) is 32.1 Å². The minimum atomic E-state index is -0.651. The number of fused-ring (bicyclic) bond motifs is 1. The van der Waals surface area contributed by atoms with Gasteiger partial charge in [0, 0.05) is 5.39 Å². The zero-order valence-corrected chi connectivity index (χ0v) is 8.90. The van der Waals surface area contributed by atoms with E-state index in [0.717, 1.165) is 16.5 Å². The summed E-state index contributed by atoms with van der Waals surface area (Å²) in [6, 6.07) is 9.61. The van der Waals surface area contributed by atoms with E-state index in [0.29, 0.717) is 5.76 Å². The van der Waals surface area contributed by atoms with Crippen LogP contribution in [-0.2, 0) is 0 Å². The van der Waals surface area contributed by atoms with E-state index in [2.05, 4.69) is 0 Å². The van der Waals surface area contributed by atoms with Crippen LogP contribution in [0.2, 0.25) is 0 Å². The maximum atomic E-state index is 9.82. The van der Waals surface area contributed by atoms with Crippen molar-refractivity contribution in [2.45, 2.75) is 20.0 Å². The third-order valence-electron chi connectivity index (χ3n) is 2.23. The standard InChI is InChI=1S/C13H14O2/c1-9(2)7-11(14)13-8-10-5-3-4-6-12(10)15-13/h3-8,11,14H,1-2H3. The monoisotopic (exact) mass is 202 g/mol. The van der Waals surface area contributed by atoms with Gasteiger partial charge in [-0.2, -0.15) is 0 Å². The van der Waals surface area contributed by atoms with E-state index in [4.69, 9.17) is 4.42 Å². The molecule has 2 nitrogen and oxygen atoms in total. The highest BCUT2D eigenvalue weighted by molar-refractivity contribution is 5.77. The van der Waals surface area contributed by atoms with Crippen molar-refractivity contribution in [2.24, 2.45) is 0 Å².